The fourth-order valence-electron chi connectivity index (χ4n) is 0.633. The Morgan fingerprint density at radius 3 is 2.10 bits per heavy atom. The van der Waals surface area contributed by atoms with Crippen molar-refractivity contribution < 1.29 is 19.1 Å². The normalized spacial score (nSPS) is 23.4. The standard InChI is InChI=1S/C5H6O4S/c1-5(10)8-3(6)2-4(7)9-5/h10H,2H2,1H3. The van der Waals surface area contributed by atoms with Gasteiger partial charge in [-0.2, -0.15) is 0 Å². The molecule has 0 amide bonds. The maximum absolute atomic E-state index is 10.5. The highest BCUT2D eigenvalue weighted by molar-refractivity contribution is 7.81. The first-order chi connectivity index (χ1) is 4.49. The fourth-order valence-corrected chi connectivity index (χ4v) is 0.837. The molecular weight excluding hydrogens is 156 g/mol. The number of esters is 2. The zero-order valence-electron chi connectivity index (χ0n) is 5.29. The predicted octanol–water partition coefficient (Wildman–Crippen LogP) is 0.0800. The van der Waals surface area contributed by atoms with Crippen molar-refractivity contribution in [3.05, 3.63) is 0 Å². The van der Waals surface area contributed by atoms with Crippen LogP contribution in [0, 0.1) is 0 Å². The Morgan fingerprint density at radius 2 is 1.80 bits per heavy atom. The second kappa shape index (κ2) is 2.16. The van der Waals surface area contributed by atoms with Gasteiger partial charge in [0.25, 0.3) is 0 Å². The number of carbonyl (C=O) groups excluding carboxylic acids is 2. The van der Waals surface area contributed by atoms with Gasteiger partial charge in [0.15, 0.2) is 0 Å². The van der Waals surface area contributed by atoms with Gasteiger partial charge in [-0.25, -0.2) is 0 Å². The molecule has 56 valence electrons. The van der Waals surface area contributed by atoms with E-state index in [0.29, 0.717) is 0 Å². The van der Waals surface area contributed by atoms with Gasteiger partial charge >= 0.3 is 17.1 Å². The van der Waals surface area contributed by atoms with Crippen LogP contribution in [-0.2, 0) is 19.1 Å². The third-order valence-corrected chi connectivity index (χ3v) is 1.08. The lowest BCUT2D eigenvalue weighted by atomic mass is 10.4. The van der Waals surface area contributed by atoms with Crippen molar-refractivity contribution in [3.8, 4) is 0 Å². The summed E-state index contributed by atoms with van der Waals surface area (Å²) in [5.41, 5.74) is 0. The molecule has 5 heteroatoms. The summed E-state index contributed by atoms with van der Waals surface area (Å²) in [4.78, 5) is 21.0. The molecule has 0 aromatic rings. The summed E-state index contributed by atoms with van der Waals surface area (Å²) in [5, 5.41) is -1.38. The molecule has 0 unspecified atom stereocenters. The molecule has 1 rings (SSSR count). The number of thiol groups is 1. The first-order valence-corrected chi connectivity index (χ1v) is 3.10. The second-order valence-corrected chi connectivity index (χ2v) is 2.84. The Hall–Kier alpha value is -0.710. The van der Waals surface area contributed by atoms with E-state index in [1.54, 1.807) is 0 Å². The molecule has 4 nitrogen and oxygen atoms in total. The maximum Gasteiger partial charge on any atom is 0.321 e. The molecule has 0 aromatic carbocycles. The first-order valence-electron chi connectivity index (χ1n) is 2.66. The number of rotatable bonds is 0. The number of hydrogen-bond acceptors (Lipinski definition) is 5. The van der Waals surface area contributed by atoms with Gasteiger partial charge in [-0.1, -0.05) is 12.6 Å². The third-order valence-electron chi connectivity index (χ3n) is 0.895. The molecule has 0 spiro atoms. The van der Waals surface area contributed by atoms with E-state index in [0.717, 1.165) is 0 Å². The average Bonchev–Trinajstić information content (AvgIpc) is 1.54. The summed E-state index contributed by atoms with van der Waals surface area (Å²) in [6.07, 6.45) is -0.323. The summed E-state index contributed by atoms with van der Waals surface area (Å²) in [6.45, 7) is 1.38. The summed E-state index contributed by atoms with van der Waals surface area (Å²) >= 11 is 3.75. The Kier molecular flexibility index (Phi) is 1.60. The average molecular weight is 162 g/mol. The van der Waals surface area contributed by atoms with Crippen molar-refractivity contribution in [2.24, 2.45) is 0 Å². The molecule has 0 atom stereocenters. The van der Waals surface area contributed by atoms with Crippen molar-refractivity contribution in [1.82, 2.24) is 0 Å². The van der Waals surface area contributed by atoms with E-state index in [1.165, 1.54) is 6.92 Å². The van der Waals surface area contributed by atoms with E-state index in [-0.39, 0.29) is 6.42 Å². The zero-order valence-corrected chi connectivity index (χ0v) is 6.18. The Balaban J connectivity index is 2.68. The minimum absolute atomic E-state index is 0.323. The highest BCUT2D eigenvalue weighted by Gasteiger charge is 2.35. The second-order valence-electron chi connectivity index (χ2n) is 2.02. The minimum Gasteiger partial charge on any atom is -0.413 e. The molecule has 1 aliphatic rings. The highest BCUT2D eigenvalue weighted by Crippen LogP contribution is 2.22. The summed E-state index contributed by atoms with van der Waals surface area (Å²) in [7, 11) is 0. The minimum atomic E-state index is -1.38. The van der Waals surface area contributed by atoms with E-state index in [9.17, 15) is 9.59 Å². The van der Waals surface area contributed by atoms with Gasteiger partial charge in [-0.3, -0.25) is 9.59 Å². The van der Waals surface area contributed by atoms with Crippen molar-refractivity contribution in [2.75, 3.05) is 0 Å². The number of ether oxygens (including phenoxy) is 2. The Labute approximate surface area is 62.9 Å². The molecule has 0 N–H and O–H groups in total. The predicted molar refractivity (Wildman–Crippen MR) is 34.2 cm³/mol. The third kappa shape index (κ3) is 1.63. The number of hydrogen-bond donors (Lipinski definition) is 1. The first kappa shape index (κ1) is 7.40. The van der Waals surface area contributed by atoms with Crippen LogP contribution < -0.4 is 0 Å². The van der Waals surface area contributed by atoms with Crippen LogP contribution in [0.3, 0.4) is 0 Å². The lowest BCUT2D eigenvalue weighted by Gasteiger charge is -2.27. The molecule has 1 saturated heterocycles. The molecule has 0 bridgehead atoms. The number of cyclic esters (lactones) is 2. The number of carbonyl (C=O) groups is 2. The summed E-state index contributed by atoms with van der Waals surface area (Å²) < 4.78 is 9.05. The largest absolute Gasteiger partial charge is 0.413 e. The van der Waals surface area contributed by atoms with Crippen LogP contribution in [0.4, 0.5) is 0 Å². The maximum atomic E-state index is 10.5. The molecule has 10 heavy (non-hydrogen) atoms. The lowest BCUT2D eigenvalue weighted by molar-refractivity contribution is -0.208. The van der Waals surface area contributed by atoms with Crippen molar-refractivity contribution >= 4 is 24.6 Å². The van der Waals surface area contributed by atoms with Gasteiger partial charge < -0.3 is 9.47 Å². The van der Waals surface area contributed by atoms with E-state index in [1.807, 2.05) is 0 Å². The van der Waals surface area contributed by atoms with E-state index >= 15 is 0 Å². The van der Waals surface area contributed by atoms with Crippen LogP contribution in [0.5, 0.6) is 0 Å². The van der Waals surface area contributed by atoms with Gasteiger partial charge in [-0.15, -0.1) is 0 Å². The molecule has 0 saturated carbocycles. The molecule has 0 aliphatic carbocycles. The lowest BCUT2D eigenvalue weighted by Crippen LogP contribution is -2.38. The topological polar surface area (TPSA) is 52.6 Å². The van der Waals surface area contributed by atoms with Crippen molar-refractivity contribution in [2.45, 2.75) is 18.5 Å². The molecular formula is C5H6O4S. The van der Waals surface area contributed by atoms with Gasteiger partial charge in [0.05, 0.1) is 0 Å². The molecule has 0 radical (unpaired) electrons. The van der Waals surface area contributed by atoms with Gasteiger partial charge in [0.2, 0.25) is 0 Å². The van der Waals surface area contributed by atoms with Crippen molar-refractivity contribution in [3.63, 3.8) is 0 Å². The van der Waals surface area contributed by atoms with E-state index in [2.05, 4.69) is 22.1 Å². The Bertz CT molecular complexity index is 168. The van der Waals surface area contributed by atoms with Crippen LogP contribution in [0.2, 0.25) is 0 Å². The monoisotopic (exact) mass is 162 g/mol. The zero-order chi connectivity index (χ0) is 7.78. The molecule has 1 aliphatic heterocycles. The van der Waals surface area contributed by atoms with Crippen LogP contribution in [0.25, 0.3) is 0 Å². The molecule has 1 fully saturated rings. The molecule has 1 heterocycles. The van der Waals surface area contributed by atoms with E-state index < -0.39 is 17.1 Å². The summed E-state index contributed by atoms with van der Waals surface area (Å²) in [5.74, 6) is -1.21. The smallest absolute Gasteiger partial charge is 0.321 e. The van der Waals surface area contributed by atoms with E-state index in [4.69, 9.17) is 0 Å². The van der Waals surface area contributed by atoms with Crippen LogP contribution in [-0.4, -0.2) is 17.1 Å². The molecule has 0 aromatic heterocycles. The Morgan fingerprint density at radius 1 is 1.40 bits per heavy atom. The highest BCUT2D eigenvalue weighted by atomic mass is 32.1. The fraction of sp³-hybridized carbons (Fsp3) is 0.600. The van der Waals surface area contributed by atoms with Gasteiger partial charge in [0.1, 0.15) is 6.42 Å². The van der Waals surface area contributed by atoms with Crippen LogP contribution in [0.1, 0.15) is 13.3 Å². The quantitative estimate of drug-likeness (QED) is 0.311. The van der Waals surface area contributed by atoms with Crippen LogP contribution in [0.15, 0.2) is 0 Å². The van der Waals surface area contributed by atoms with Crippen LogP contribution >= 0.6 is 12.6 Å². The van der Waals surface area contributed by atoms with Crippen molar-refractivity contribution in [1.29, 1.82) is 0 Å². The summed E-state index contributed by atoms with van der Waals surface area (Å²) in [6, 6.07) is 0. The van der Waals surface area contributed by atoms with Gasteiger partial charge in [-0.05, 0) is 0 Å². The SMILES string of the molecule is CC1(S)OC(=O)CC(=O)O1. The van der Waals surface area contributed by atoms with Gasteiger partial charge in [0, 0.05) is 6.92 Å².